The van der Waals surface area contributed by atoms with Gasteiger partial charge in [0.15, 0.2) is 0 Å². The lowest BCUT2D eigenvalue weighted by molar-refractivity contribution is -0.0278. The summed E-state index contributed by atoms with van der Waals surface area (Å²) in [5.41, 5.74) is 0. The zero-order valence-corrected chi connectivity index (χ0v) is 5.50. The second-order valence-electron chi connectivity index (χ2n) is 2.59. The van der Waals surface area contributed by atoms with Crippen LogP contribution in [0.4, 0.5) is 17.6 Å². The average molecular weight is 156 g/mol. The lowest BCUT2D eigenvalue weighted by atomic mass is 10.2. The molecule has 0 N–H and O–H groups in total. The summed E-state index contributed by atoms with van der Waals surface area (Å²) in [6, 6.07) is 0. The summed E-state index contributed by atoms with van der Waals surface area (Å²) in [5.74, 6) is -9.13. The van der Waals surface area contributed by atoms with E-state index in [1.165, 1.54) is 0 Å². The van der Waals surface area contributed by atoms with E-state index in [0.717, 1.165) is 0 Å². The largest absolute Gasteiger partial charge is 0.319 e. The summed E-state index contributed by atoms with van der Waals surface area (Å²) < 4.78 is 48.0. The van der Waals surface area contributed by atoms with Gasteiger partial charge in [0.2, 0.25) is 0 Å². The van der Waals surface area contributed by atoms with E-state index in [9.17, 15) is 17.6 Å². The van der Waals surface area contributed by atoms with E-state index in [0.29, 0.717) is 6.42 Å². The topological polar surface area (TPSA) is 0 Å². The number of hydrogen-bond donors (Lipinski definition) is 0. The maximum absolute atomic E-state index is 12.0. The second kappa shape index (κ2) is 1.86. The van der Waals surface area contributed by atoms with Gasteiger partial charge in [0, 0.05) is 0 Å². The lowest BCUT2D eigenvalue weighted by Gasteiger charge is -1.87. The third kappa shape index (κ3) is 0.739. The van der Waals surface area contributed by atoms with E-state index in [4.69, 9.17) is 0 Å². The van der Waals surface area contributed by atoms with Crippen molar-refractivity contribution in [2.75, 3.05) is 0 Å². The fourth-order valence-electron chi connectivity index (χ4n) is 1.06. The number of halogens is 4. The number of hydrogen-bond acceptors (Lipinski definition) is 0. The molecule has 4 heteroatoms. The molecule has 0 nitrogen and oxygen atoms in total. The molecule has 0 aliphatic heterocycles. The van der Waals surface area contributed by atoms with Gasteiger partial charge in [-0.3, -0.25) is 0 Å². The Morgan fingerprint density at radius 1 is 1.10 bits per heavy atom. The van der Waals surface area contributed by atoms with Crippen LogP contribution in [-0.4, -0.2) is 11.8 Å². The molecule has 1 aliphatic carbocycles. The summed E-state index contributed by atoms with van der Waals surface area (Å²) in [5, 5.41) is 0. The summed E-state index contributed by atoms with van der Waals surface area (Å²) in [7, 11) is 0. The van der Waals surface area contributed by atoms with Crippen molar-refractivity contribution in [1.82, 2.24) is 0 Å². The third-order valence-electron chi connectivity index (χ3n) is 1.81. The number of rotatable bonds is 2. The highest BCUT2D eigenvalue weighted by atomic mass is 19.3. The van der Waals surface area contributed by atoms with E-state index in [1.807, 2.05) is 0 Å². The number of alkyl halides is 4. The molecule has 0 aromatic carbocycles. The molecule has 60 valence electrons. The van der Waals surface area contributed by atoms with Gasteiger partial charge in [-0.15, -0.1) is 0 Å². The molecule has 0 spiro atoms. The molecule has 0 heterocycles. The fourth-order valence-corrected chi connectivity index (χ4v) is 1.06. The highest BCUT2D eigenvalue weighted by Gasteiger charge is 2.84. The summed E-state index contributed by atoms with van der Waals surface area (Å²) in [6.45, 7) is 1.62. The predicted octanol–water partition coefficient (Wildman–Crippen LogP) is 2.69. The Hall–Kier alpha value is -0.280. The zero-order chi connectivity index (χ0) is 7.99. The van der Waals surface area contributed by atoms with Crippen molar-refractivity contribution < 1.29 is 17.6 Å². The van der Waals surface area contributed by atoms with Crippen molar-refractivity contribution in [1.29, 1.82) is 0 Å². The van der Waals surface area contributed by atoms with Gasteiger partial charge in [-0.05, 0) is 6.42 Å². The van der Waals surface area contributed by atoms with Crippen molar-refractivity contribution in [3.8, 4) is 0 Å². The maximum atomic E-state index is 12.0. The quantitative estimate of drug-likeness (QED) is 0.539. The standard InChI is InChI=1S/C6H8F4/c1-2-3-4-5(7,8)6(4,9)10/h4H,2-3H2,1H3. The molecule has 10 heavy (non-hydrogen) atoms. The second-order valence-corrected chi connectivity index (χ2v) is 2.59. The Balaban J connectivity index is 2.54. The van der Waals surface area contributed by atoms with Crippen molar-refractivity contribution in [2.24, 2.45) is 5.92 Å². The Bertz CT molecular complexity index is 127. The van der Waals surface area contributed by atoms with Gasteiger partial charge in [0.1, 0.15) is 0 Å². The van der Waals surface area contributed by atoms with E-state index in [-0.39, 0.29) is 6.42 Å². The molecule has 1 fully saturated rings. The van der Waals surface area contributed by atoms with Crippen LogP contribution in [0.3, 0.4) is 0 Å². The molecule has 0 amide bonds. The van der Waals surface area contributed by atoms with Gasteiger partial charge in [-0.1, -0.05) is 13.3 Å². The first-order valence-electron chi connectivity index (χ1n) is 3.20. The van der Waals surface area contributed by atoms with Crippen LogP contribution >= 0.6 is 0 Å². The molecule has 1 saturated carbocycles. The molecule has 0 unspecified atom stereocenters. The summed E-state index contributed by atoms with van der Waals surface area (Å²) in [4.78, 5) is 0. The smallest absolute Gasteiger partial charge is 0.199 e. The van der Waals surface area contributed by atoms with Crippen LogP contribution in [0.5, 0.6) is 0 Å². The van der Waals surface area contributed by atoms with E-state index in [2.05, 4.69) is 0 Å². The molecule has 0 aromatic heterocycles. The van der Waals surface area contributed by atoms with Gasteiger partial charge in [-0.25, -0.2) is 0 Å². The molecule has 0 aromatic rings. The van der Waals surface area contributed by atoms with Crippen molar-refractivity contribution >= 4 is 0 Å². The van der Waals surface area contributed by atoms with Gasteiger partial charge in [0.25, 0.3) is 0 Å². The van der Waals surface area contributed by atoms with Crippen molar-refractivity contribution in [2.45, 2.75) is 31.6 Å². The van der Waals surface area contributed by atoms with Crippen LogP contribution in [0.1, 0.15) is 19.8 Å². The predicted molar refractivity (Wildman–Crippen MR) is 28.3 cm³/mol. The van der Waals surface area contributed by atoms with E-state index in [1.54, 1.807) is 6.92 Å². The zero-order valence-electron chi connectivity index (χ0n) is 5.50. The Labute approximate surface area is 56.2 Å². The van der Waals surface area contributed by atoms with Crippen LogP contribution < -0.4 is 0 Å². The Morgan fingerprint density at radius 3 is 1.60 bits per heavy atom. The Morgan fingerprint density at radius 2 is 1.50 bits per heavy atom. The highest BCUT2D eigenvalue weighted by Crippen LogP contribution is 2.64. The molecule has 1 aliphatic rings. The first-order valence-corrected chi connectivity index (χ1v) is 3.20. The van der Waals surface area contributed by atoms with Gasteiger partial charge >= 0.3 is 11.8 Å². The van der Waals surface area contributed by atoms with Crippen LogP contribution in [0.25, 0.3) is 0 Å². The van der Waals surface area contributed by atoms with Gasteiger partial charge in [0.05, 0.1) is 5.92 Å². The van der Waals surface area contributed by atoms with Crippen molar-refractivity contribution in [3.63, 3.8) is 0 Å². The van der Waals surface area contributed by atoms with E-state index < -0.39 is 17.8 Å². The molecule has 0 atom stereocenters. The minimum atomic E-state index is -3.72. The average Bonchev–Trinajstić information content (AvgIpc) is 2.13. The lowest BCUT2D eigenvalue weighted by Crippen LogP contribution is -2.02. The SMILES string of the molecule is CCCC1C(F)(F)C1(F)F. The minimum Gasteiger partial charge on any atom is -0.199 e. The van der Waals surface area contributed by atoms with Crippen molar-refractivity contribution in [3.05, 3.63) is 0 Å². The molecular weight excluding hydrogens is 148 g/mol. The van der Waals surface area contributed by atoms with Crippen LogP contribution in [0.2, 0.25) is 0 Å². The first-order chi connectivity index (χ1) is 4.44. The monoisotopic (exact) mass is 156 g/mol. The van der Waals surface area contributed by atoms with E-state index >= 15 is 0 Å². The molecule has 0 bridgehead atoms. The highest BCUT2D eigenvalue weighted by molar-refractivity contribution is 5.13. The Kier molecular flexibility index (Phi) is 1.45. The molecule has 0 radical (unpaired) electrons. The molecule has 0 saturated heterocycles. The normalized spacial score (nSPS) is 28.5. The molecule has 1 rings (SSSR count). The van der Waals surface area contributed by atoms with Crippen LogP contribution in [-0.2, 0) is 0 Å². The van der Waals surface area contributed by atoms with Crippen LogP contribution in [0.15, 0.2) is 0 Å². The first kappa shape index (κ1) is 7.82. The molecular formula is C6H8F4. The third-order valence-corrected chi connectivity index (χ3v) is 1.81. The maximum Gasteiger partial charge on any atom is 0.319 e. The van der Waals surface area contributed by atoms with Gasteiger partial charge in [-0.2, -0.15) is 17.6 Å². The summed E-state index contributed by atoms with van der Waals surface area (Å²) >= 11 is 0. The summed E-state index contributed by atoms with van der Waals surface area (Å²) in [6.07, 6.45) is 0.301. The minimum absolute atomic E-state index is 0.0833. The van der Waals surface area contributed by atoms with Gasteiger partial charge < -0.3 is 0 Å². The fraction of sp³-hybridized carbons (Fsp3) is 1.00. The van der Waals surface area contributed by atoms with Crippen LogP contribution in [0, 0.1) is 5.92 Å².